The molecule has 0 aromatic rings. The van der Waals surface area contributed by atoms with E-state index >= 15 is 0 Å². The van der Waals surface area contributed by atoms with Crippen molar-refractivity contribution in [1.29, 1.82) is 0 Å². The molecule has 22 heavy (non-hydrogen) atoms. The minimum Gasteiger partial charge on any atom is -0.392 e. The highest BCUT2D eigenvalue weighted by Gasteiger charge is 2.60. The molecule has 0 saturated heterocycles. The second-order valence-electron chi connectivity index (χ2n) is 8.93. The molecule has 0 heterocycles. The monoisotopic (exact) mass is 308 g/mol. The van der Waals surface area contributed by atoms with E-state index in [0.29, 0.717) is 11.8 Å². The van der Waals surface area contributed by atoms with Gasteiger partial charge in [-0.15, -0.1) is 0 Å². The van der Waals surface area contributed by atoms with E-state index in [-0.39, 0.29) is 17.4 Å². The van der Waals surface area contributed by atoms with Crippen molar-refractivity contribution in [3.8, 4) is 0 Å². The van der Waals surface area contributed by atoms with Crippen molar-refractivity contribution >= 4 is 0 Å². The first-order chi connectivity index (χ1) is 10.2. The average molecular weight is 309 g/mol. The molecule has 2 rings (SSSR count). The first-order valence-electron chi connectivity index (χ1n) is 9.16. The summed E-state index contributed by atoms with van der Waals surface area (Å²) in [6, 6.07) is 0. The summed E-state index contributed by atoms with van der Waals surface area (Å²) in [6.45, 7) is 11.6. The van der Waals surface area contributed by atoms with Crippen LogP contribution in [0.25, 0.3) is 0 Å². The third kappa shape index (κ3) is 2.89. The standard InChI is InChI=1S/C20H36O2/c1-15(10-14-21)8-12-19(5)16(2)9-13-20(22)17(19)7-6-11-18(20,3)4/h10,16-17,21-22H,6-9,11-14H2,1-5H3/b15-10+/t16-,17-,19+,20+/m0/s1. The van der Waals surface area contributed by atoms with Gasteiger partial charge in [0.25, 0.3) is 0 Å². The van der Waals surface area contributed by atoms with E-state index in [4.69, 9.17) is 5.11 Å². The fraction of sp³-hybridized carbons (Fsp3) is 0.900. The fourth-order valence-electron chi connectivity index (χ4n) is 5.32. The molecule has 2 aliphatic rings. The number of fused-ring (bicyclic) bond motifs is 1. The molecule has 2 aliphatic carbocycles. The molecule has 0 amide bonds. The molecular formula is C20H36O2. The van der Waals surface area contributed by atoms with Gasteiger partial charge in [0.2, 0.25) is 0 Å². The number of hydrogen-bond acceptors (Lipinski definition) is 2. The summed E-state index contributed by atoms with van der Waals surface area (Å²) in [6.07, 6.45) is 9.75. The van der Waals surface area contributed by atoms with Crippen molar-refractivity contribution < 1.29 is 10.2 Å². The summed E-state index contributed by atoms with van der Waals surface area (Å²) >= 11 is 0. The highest BCUT2D eigenvalue weighted by atomic mass is 16.3. The van der Waals surface area contributed by atoms with Crippen molar-refractivity contribution in [1.82, 2.24) is 0 Å². The van der Waals surface area contributed by atoms with Crippen molar-refractivity contribution in [2.24, 2.45) is 22.7 Å². The maximum Gasteiger partial charge on any atom is 0.0731 e. The van der Waals surface area contributed by atoms with Gasteiger partial charge in [-0.2, -0.15) is 0 Å². The molecule has 2 N–H and O–H groups in total. The lowest BCUT2D eigenvalue weighted by atomic mass is 9.45. The van der Waals surface area contributed by atoms with Crippen LogP contribution in [0.3, 0.4) is 0 Å². The predicted octanol–water partition coefficient (Wildman–Crippen LogP) is 4.70. The Kier molecular flexibility index (Phi) is 5.14. The fourth-order valence-corrected chi connectivity index (χ4v) is 5.32. The summed E-state index contributed by atoms with van der Waals surface area (Å²) in [5.41, 5.74) is 1.02. The molecule has 2 saturated carbocycles. The molecule has 0 spiro atoms. The zero-order valence-electron chi connectivity index (χ0n) is 15.3. The number of allylic oxidation sites excluding steroid dienone is 1. The average Bonchev–Trinajstić information content (AvgIpc) is 2.44. The molecule has 2 nitrogen and oxygen atoms in total. The first-order valence-corrected chi connectivity index (χ1v) is 9.16. The van der Waals surface area contributed by atoms with Crippen molar-refractivity contribution in [3.63, 3.8) is 0 Å². The number of aliphatic hydroxyl groups excluding tert-OH is 1. The molecule has 0 radical (unpaired) electrons. The Labute approximate surface area is 137 Å². The number of hydrogen-bond donors (Lipinski definition) is 2. The molecular weight excluding hydrogens is 272 g/mol. The second-order valence-corrected chi connectivity index (χ2v) is 8.93. The lowest BCUT2D eigenvalue weighted by Gasteiger charge is -2.62. The highest BCUT2D eigenvalue weighted by Crippen LogP contribution is 2.62. The van der Waals surface area contributed by atoms with E-state index in [1.165, 1.54) is 18.4 Å². The van der Waals surface area contributed by atoms with E-state index < -0.39 is 5.60 Å². The number of aliphatic hydroxyl groups is 2. The molecule has 4 atom stereocenters. The van der Waals surface area contributed by atoms with Gasteiger partial charge in [-0.1, -0.05) is 45.8 Å². The van der Waals surface area contributed by atoms with Gasteiger partial charge in [0.1, 0.15) is 0 Å². The Morgan fingerprint density at radius 1 is 1.18 bits per heavy atom. The summed E-state index contributed by atoms with van der Waals surface area (Å²) in [5.74, 6) is 1.07. The van der Waals surface area contributed by atoms with E-state index in [9.17, 15) is 5.11 Å². The van der Waals surface area contributed by atoms with E-state index in [1.807, 2.05) is 6.08 Å². The van der Waals surface area contributed by atoms with Crippen LogP contribution in [0, 0.1) is 22.7 Å². The summed E-state index contributed by atoms with van der Waals surface area (Å²) < 4.78 is 0. The van der Waals surface area contributed by atoms with Gasteiger partial charge in [0.05, 0.1) is 12.2 Å². The van der Waals surface area contributed by atoms with Crippen LogP contribution in [-0.2, 0) is 0 Å². The van der Waals surface area contributed by atoms with Gasteiger partial charge in [-0.05, 0) is 68.1 Å². The normalized spacial score (nSPS) is 42.0. The minimum atomic E-state index is -0.499. The third-order valence-corrected chi connectivity index (χ3v) is 7.42. The molecule has 128 valence electrons. The van der Waals surface area contributed by atoms with Gasteiger partial charge in [-0.3, -0.25) is 0 Å². The third-order valence-electron chi connectivity index (χ3n) is 7.42. The highest BCUT2D eigenvalue weighted by molar-refractivity contribution is 5.11. The largest absolute Gasteiger partial charge is 0.392 e. The van der Waals surface area contributed by atoms with Crippen molar-refractivity contribution in [2.75, 3.05) is 6.61 Å². The van der Waals surface area contributed by atoms with Crippen molar-refractivity contribution in [2.45, 2.75) is 85.2 Å². The quantitative estimate of drug-likeness (QED) is 0.739. The van der Waals surface area contributed by atoms with Crippen LogP contribution in [0.1, 0.15) is 79.6 Å². The Hall–Kier alpha value is -0.340. The zero-order valence-corrected chi connectivity index (χ0v) is 15.3. The van der Waals surface area contributed by atoms with Crippen LogP contribution in [0.5, 0.6) is 0 Å². The van der Waals surface area contributed by atoms with Crippen molar-refractivity contribution in [3.05, 3.63) is 11.6 Å². The van der Waals surface area contributed by atoms with Crippen LogP contribution in [-0.4, -0.2) is 22.4 Å². The SMILES string of the molecule is C/C(=C\CO)CC[C@]1(C)[C@@H](C)CC[C@@]2(O)[C@H]1CCCC2(C)C. The van der Waals surface area contributed by atoms with Gasteiger partial charge < -0.3 is 10.2 Å². The van der Waals surface area contributed by atoms with E-state index in [2.05, 4.69) is 34.6 Å². The predicted molar refractivity (Wildman–Crippen MR) is 92.7 cm³/mol. The van der Waals surface area contributed by atoms with E-state index in [0.717, 1.165) is 32.1 Å². The number of rotatable bonds is 4. The Morgan fingerprint density at radius 3 is 2.50 bits per heavy atom. The Balaban J connectivity index is 2.26. The Bertz CT molecular complexity index is 425. The molecule has 0 aliphatic heterocycles. The van der Waals surface area contributed by atoms with Gasteiger partial charge >= 0.3 is 0 Å². The van der Waals surface area contributed by atoms with Crippen LogP contribution in [0.4, 0.5) is 0 Å². The van der Waals surface area contributed by atoms with Crippen LogP contribution >= 0.6 is 0 Å². The summed E-state index contributed by atoms with van der Waals surface area (Å²) in [7, 11) is 0. The Morgan fingerprint density at radius 2 is 1.86 bits per heavy atom. The molecule has 0 unspecified atom stereocenters. The maximum absolute atomic E-state index is 11.6. The first kappa shape index (κ1) is 18.0. The van der Waals surface area contributed by atoms with Crippen LogP contribution in [0.15, 0.2) is 11.6 Å². The van der Waals surface area contributed by atoms with Gasteiger partial charge in [0, 0.05) is 0 Å². The van der Waals surface area contributed by atoms with Crippen LogP contribution in [0.2, 0.25) is 0 Å². The second kappa shape index (κ2) is 6.28. The minimum absolute atomic E-state index is 0.0350. The lowest BCUT2D eigenvalue weighted by molar-refractivity contribution is -0.212. The molecule has 0 aromatic heterocycles. The lowest BCUT2D eigenvalue weighted by Crippen LogP contribution is -2.62. The van der Waals surface area contributed by atoms with Crippen LogP contribution < -0.4 is 0 Å². The zero-order chi connectivity index (χ0) is 16.6. The molecule has 0 aromatic carbocycles. The molecule has 0 bridgehead atoms. The van der Waals surface area contributed by atoms with Gasteiger partial charge in [0.15, 0.2) is 0 Å². The summed E-state index contributed by atoms with van der Waals surface area (Å²) in [5, 5.41) is 20.7. The van der Waals surface area contributed by atoms with Gasteiger partial charge in [-0.25, -0.2) is 0 Å². The molecule has 2 heteroatoms. The maximum atomic E-state index is 11.6. The summed E-state index contributed by atoms with van der Waals surface area (Å²) in [4.78, 5) is 0. The molecule has 2 fully saturated rings. The van der Waals surface area contributed by atoms with E-state index in [1.54, 1.807) is 0 Å². The topological polar surface area (TPSA) is 40.5 Å². The smallest absolute Gasteiger partial charge is 0.0731 e.